The molecular weight excluding hydrogens is 330 g/mol. The molecule has 0 saturated carbocycles. The van der Waals surface area contributed by atoms with Gasteiger partial charge in [-0.2, -0.15) is 0 Å². The monoisotopic (exact) mass is 347 g/mol. The minimum absolute atomic E-state index is 0.279. The lowest BCUT2D eigenvalue weighted by molar-refractivity contribution is 0.115. The van der Waals surface area contributed by atoms with E-state index in [9.17, 15) is 0 Å². The second-order valence-electron chi connectivity index (χ2n) is 5.20. The smallest absolute Gasteiger partial charge is 0.225 e. The van der Waals surface area contributed by atoms with Crippen molar-refractivity contribution in [3.05, 3.63) is 52.8 Å². The Hall–Kier alpha value is -1.46. The van der Waals surface area contributed by atoms with Crippen molar-refractivity contribution in [2.24, 2.45) is 0 Å². The zero-order valence-corrected chi connectivity index (χ0v) is 13.4. The number of rotatable bonds is 5. The largest absolute Gasteiger partial charge is 0.376 e. The maximum absolute atomic E-state index is 5.76. The molecule has 2 aromatic rings. The average molecular weight is 348 g/mol. The van der Waals surface area contributed by atoms with Crippen LogP contribution in [0, 0.1) is 0 Å². The summed E-state index contributed by atoms with van der Waals surface area (Å²) in [7, 11) is 0. The molecule has 0 spiro atoms. The Morgan fingerprint density at radius 3 is 2.62 bits per heavy atom. The lowest BCUT2D eigenvalue weighted by Gasteiger charge is -2.25. The molecule has 0 N–H and O–H groups in total. The first-order valence-electron chi connectivity index (χ1n) is 7.19. The fourth-order valence-corrected chi connectivity index (χ4v) is 2.73. The van der Waals surface area contributed by atoms with Crippen LogP contribution in [0.5, 0.6) is 0 Å². The maximum Gasteiger partial charge on any atom is 0.225 e. The van der Waals surface area contributed by atoms with Crippen LogP contribution in [0.15, 0.2) is 47.2 Å². The number of nitrogens with zero attached hydrogens (tertiary/aromatic N) is 3. The molecule has 1 aliphatic heterocycles. The van der Waals surface area contributed by atoms with Crippen molar-refractivity contribution in [2.75, 3.05) is 18.1 Å². The summed E-state index contributed by atoms with van der Waals surface area (Å²) in [4.78, 5) is 11.1. The van der Waals surface area contributed by atoms with E-state index in [4.69, 9.17) is 4.74 Å². The van der Waals surface area contributed by atoms with Crippen LogP contribution in [0.1, 0.15) is 18.4 Å². The van der Waals surface area contributed by atoms with E-state index in [1.54, 1.807) is 12.4 Å². The molecule has 0 radical (unpaired) electrons. The van der Waals surface area contributed by atoms with Gasteiger partial charge in [-0.3, -0.25) is 0 Å². The summed E-state index contributed by atoms with van der Waals surface area (Å²) < 4.78 is 6.65. The molecule has 21 heavy (non-hydrogen) atoms. The summed E-state index contributed by atoms with van der Waals surface area (Å²) in [5.74, 6) is 0.748. The summed E-state index contributed by atoms with van der Waals surface area (Å²) in [6.45, 7) is 2.49. The number of benzene rings is 1. The topological polar surface area (TPSA) is 38.2 Å². The first-order valence-corrected chi connectivity index (χ1v) is 7.98. The Balaban J connectivity index is 1.77. The highest BCUT2D eigenvalue weighted by Crippen LogP contribution is 2.19. The number of ether oxygens (including phenoxy) is 1. The first-order chi connectivity index (χ1) is 10.3. The fraction of sp³-hybridized carbons (Fsp3) is 0.375. The molecular formula is C16H18BrN3O. The van der Waals surface area contributed by atoms with Gasteiger partial charge in [0.25, 0.3) is 0 Å². The average Bonchev–Trinajstić information content (AvgIpc) is 3.01. The van der Waals surface area contributed by atoms with Gasteiger partial charge >= 0.3 is 0 Å². The van der Waals surface area contributed by atoms with Gasteiger partial charge in [0.2, 0.25) is 5.95 Å². The highest BCUT2D eigenvalue weighted by molar-refractivity contribution is 9.10. The minimum atomic E-state index is 0.279. The van der Waals surface area contributed by atoms with Crippen molar-refractivity contribution < 1.29 is 4.74 Å². The third-order valence-electron chi connectivity index (χ3n) is 3.55. The highest BCUT2D eigenvalue weighted by atomic mass is 79.9. The van der Waals surface area contributed by atoms with Gasteiger partial charge in [0, 0.05) is 32.1 Å². The van der Waals surface area contributed by atoms with Crippen molar-refractivity contribution >= 4 is 21.9 Å². The van der Waals surface area contributed by atoms with Gasteiger partial charge in [0.1, 0.15) is 0 Å². The molecule has 2 heterocycles. The Morgan fingerprint density at radius 1 is 1.19 bits per heavy atom. The van der Waals surface area contributed by atoms with Gasteiger partial charge in [0.15, 0.2) is 0 Å². The predicted octanol–water partition coefficient (Wildman–Crippen LogP) is 3.42. The van der Waals surface area contributed by atoms with Gasteiger partial charge < -0.3 is 9.64 Å². The van der Waals surface area contributed by atoms with Gasteiger partial charge in [-0.05, 0) is 34.3 Å². The van der Waals surface area contributed by atoms with E-state index in [1.807, 2.05) is 6.07 Å². The van der Waals surface area contributed by atoms with Crippen LogP contribution in [0.2, 0.25) is 0 Å². The Bertz CT molecular complexity index is 555. The van der Waals surface area contributed by atoms with Crippen LogP contribution in [-0.4, -0.2) is 29.2 Å². The zero-order chi connectivity index (χ0) is 14.5. The van der Waals surface area contributed by atoms with Crippen LogP contribution in [0.4, 0.5) is 5.95 Å². The standard InChI is InChI=1S/C16H18BrN3O/c17-14-9-18-16(19-10-14)20(12-15-7-4-8-21-15)11-13-5-2-1-3-6-13/h1-3,5-6,9-10,15H,4,7-8,11-12H2/t15-/m1/s1. The van der Waals surface area contributed by atoms with Gasteiger partial charge in [-0.15, -0.1) is 0 Å². The van der Waals surface area contributed by atoms with Crippen molar-refractivity contribution in [1.29, 1.82) is 0 Å². The van der Waals surface area contributed by atoms with Crippen LogP contribution in [0.3, 0.4) is 0 Å². The Kier molecular flexibility index (Phi) is 4.83. The first kappa shape index (κ1) is 14.5. The third kappa shape index (κ3) is 4.02. The molecule has 5 heteroatoms. The summed E-state index contributed by atoms with van der Waals surface area (Å²) >= 11 is 3.38. The van der Waals surface area contributed by atoms with Crippen molar-refractivity contribution in [1.82, 2.24) is 9.97 Å². The fourth-order valence-electron chi connectivity index (χ4n) is 2.52. The van der Waals surface area contributed by atoms with Gasteiger partial charge in [0.05, 0.1) is 10.6 Å². The van der Waals surface area contributed by atoms with Gasteiger partial charge in [-0.25, -0.2) is 9.97 Å². The SMILES string of the molecule is Brc1cnc(N(Cc2ccccc2)C[C@H]2CCCO2)nc1. The van der Waals surface area contributed by atoms with Crippen LogP contribution in [0.25, 0.3) is 0 Å². The number of anilines is 1. The van der Waals surface area contributed by atoms with Gasteiger partial charge in [-0.1, -0.05) is 30.3 Å². The molecule has 1 fully saturated rings. The molecule has 1 aliphatic rings. The van der Waals surface area contributed by atoms with E-state index in [-0.39, 0.29) is 6.10 Å². The van der Waals surface area contributed by atoms with E-state index in [1.165, 1.54) is 5.56 Å². The van der Waals surface area contributed by atoms with E-state index in [2.05, 4.69) is 55.1 Å². The lowest BCUT2D eigenvalue weighted by atomic mass is 10.2. The number of hydrogen-bond donors (Lipinski definition) is 0. The van der Waals surface area contributed by atoms with Crippen molar-refractivity contribution in [3.8, 4) is 0 Å². The molecule has 1 aromatic heterocycles. The number of hydrogen-bond acceptors (Lipinski definition) is 4. The minimum Gasteiger partial charge on any atom is -0.376 e. The molecule has 3 rings (SSSR count). The highest BCUT2D eigenvalue weighted by Gasteiger charge is 2.21. The van der Waals surface area contributed by atoms with Crippen molar-refractivity contribution in [2.45, 2.75) is 25.5 Å². The molecule has 4 nitrogen and oxygen atoms in total. The van der Waals surface area contributed by atoms with Crippen molar-refractivity contribution in [3.63, 3.8) is 0 Å². The molecule has 1 saturated heterocycles. The van der Waals surface area contributed by atoms with Crippen LogP contribution in [-0.2, 0) is 11.3 Å². The maximum atomic E-state index is 5.76. The van der Waals surface area contributed by atoms with Crippen LogP contribution < -0.4 is 4.90 Å². The summed E-state index contributed by atoms with van der Waals surface area (Å²) in [5, 5.41) is 0. The summed E-state index contributed by atoms with van der Waals surface area (Å²) in [5.41, 5.74) is 1.25. The van der Waals surface area contributed by atoms with E-state index >= 15 is 0 Å². The quantitative estimate of drug-likeness (QED) is 0.830. The molecule has 1 aromatic carbocycles. The summed E-state index contributed by atoms with van der Waals surface area (Å²) in [6, 6.07) is 10.4. The Labute approximate surface area is 133 Å². The normalized spacial score (nSPS) is 17.9. The molecule has 0 aliphatic carbocycles. The summed E-state index contributed by atoms with van der Waals surface area (Å²) in [6.07, 6.45) is 6.11. The third-order valence-corrected chi connectivity index (χ3v) is 3.96. The van der Waals surface area contributed by atoms with Crippen LogP contribution >= 0.6 is 15.9 Å². The second-order valence-corrected chi connectivity index (χ2v) is 6.12. The number of halogens is 1. The van der Waals surface area contributed by atoms with E-state index in [0.29, 0.717) is 0 Å². The molecule has 0 unspecified atom stereocenters. The van der Waals surface area contributed by atoms with E-state index in [0.717, 1.165) is 43.0 Å². The number of aromatic nitrogens is 2. The molecule has 0 bridgehead atoms. The molecule has 110 valence electrons. The lowest BCUT2D eigenvalue weighted by Crippen LogP contribution is -2.33. The zero-order valence-electron chi connectivity index (χ0n) is 11.8. The van der Waals surface area contributed by atoms with E-state index < -0.39 is 0 Å². The Morgan fingerprint density at radius 2 is 1.95 bits per heavy atom. The second kappa shape index (κ2) is 7.00. The predicted molar refractivity (Wildman–Crippen MR) is 86.2 cm³/mol. The molecule has 0 amide bonds. The molecule has 1 atom stereocenters.